The fourth-order valence-electron chi connectivity index (χ4n) is 3.08. The van der Waals surface area contributed by atoms with Crippen molar-refractivity contribution in [1.29, 1.82) is 0 Å². The number of aromatic nitrogens is 2. The molecule has 0 bridgehead atoms. The molecule has 134 valence electrons. The summed E-state index contributed by atoms with van der Waals surface area (Å²) >= 11 is 2.77. The molecule has 0 fully saturated rings. The van der Waals surface area contributed by atoms with Crippen LogP contribution in [0, 0.1) is 5.82 Å². The summed E-state index contributed by atoms with van der Waals surface area (Å²) in [6.45, 7) is 0. The zero-order valence-corrected chi connectivity index (χ0v) is 15.4. The largest absolute Gasteiger partial charge is 0.325 e. The van der Waals surface area contributed by atoms with Gasteiger partial charge in [0.05, 0.1) is 11.1 Å². The van der Waals surface area contributed by atoms with E-state index in [-0.39, 0.29) is 23.0 Å². The van der Waals surface area contributed by atoms with Crippen LogP contribution in [0.3, 0.4) is 0 Å². The van der Waals surface area contributed by atoms with Crippen LogP contribution < -0.4 is 10.9 Å². The predicted octanol–water partition coefficient (Wildman–Crippen LogP) is 3.73. The highest BCUT2D eigenvalue weighted by atomic mass is 32.2. The molecule has 0 aliphatic heterocycles. The number of fused-ring (bicyclic) bond motifs is 3. The van der Waals surface area contributed by atoms with Crippen LogP contribution in [0.4, 0.5) is 10.1 Å². The van der Waals surface area contributed by atoms with E-state index in [9.17, 15) is 14.0 Å². The van der Waals surface area contributed by atoms with Crippen molar-refractivity contribution in [3.63, 3.8) is 0 Å². The highest BCUT2D eigenvalue weighted by Crippen LogP contribution is 2.34. The van der Waals surface area contributed by atoms with Gasteiger partial charge < -0.3 is 10.3 Å². The Bertz CT molecular complexity index is 1030. The van der Waals surface area contributed by atoms with E-state index >= 15 is 0 Å². The molecule has 0 saturated heterocycles. The molecule has 1 amide bonds. The fraction of sp³-hybridized carbons (Fsp3) is 0.278. The first-order chi connectivity index (χ1) is 12.6. The molecule has 2 N–H and O–H groups in total. The molecule has 0 atom stereocenters. The maximum atomic E-state index is 12.9. The minimum absolute atomic E-state index is 0.108. The molecule has 3 aromatic rings. The molecular formula is C18H16FN3O2S2. The third-order valence-electron chi connectivity index (χ3n) is 4.27. The number of anilines is 1. The van der Waals surface area contributed by atoms with Gasteiger partial charge in [0, 0.05) is 10.6 Å². The van der Waals surface area contributed by atoms with Gasteiger partial charge in [-0.05, 0) is 55.5 Å². The third-order valence-corrected chi connectivity index (χ3v) is 6.33. The molecule has 2 aromatic heterocycles. The van der Waals surface area contributed by atoms with E-state index in [1.807, 2.05) is 0 Å². The molecule has 0 spiro atoms. The Kier molecular flexibility index (Phi) is 4.78. The molecule has 0 unspecified atom stereocenters. The lowest BCUT2D eigenvalue weighted by atomic mass is 9.97. The molecule has 1 aliphatic carbocycles. The average molecular weight is 389 g/mol. The van der Waals surface area contributed by atoms with Crippen LogP contribution in [0.25, 0.3) is 10.2 Å². The van der Waals surface area contributed by atoms with E-state index in [4.69, 9.17) is 0 Å². The van der Waals surface area contributed by atoms with E-state index < -0.39 is 0 Å². The lowest BCUT2D eigenvalue weighted by Gasteiger charge is -2.09. The first-order valence-corrected chi connectivity index (χ1v) is 10.1. The number of aromatic amines is 1. The van der Waals surface area contributed by atoms with Crippen LogP contribution in [-0.2, 0) is 17.6 Å². The summed E-state index contributed by atoms with van der Waals surface area (Å²) in [5.74, 6) is -0.488. The molecule has 26 heavy (non-hydrogen) atoms. The number of hydrogen-bond donors (Lipinski definition) is 2. The quantitative estimate of drug-likeness (QED) is 0.527. The van der Waals surface area contributed by atoms with Crippen LogP contribution in [0.2, 0.25) is 0 Å². The monoisotopic (exact) mass is 389 g/mol. The average Bonchev–Trinajstić information content (AvgIpc) is 3.01. The van der Waals surface area contributed by atoms with Crippen LogP contribution in [0.5, 0.6) is 0 Å². The number of halogens is 1. The number of amides is 1. The van der Waals surface area contributed by atoms with Gasteiger partial charge in [-0.15, -0.1) is 11.3 Å². The molecule has 1 aliphatic rings. The molecule has 8 heteroatoms. The number of carbonyl (C=O) groups excluding carboxylic acids is 1. The highest BCUT2D eigenvalue weighted by Gasteiger charge is 2.20. The second-order valence-electron chi connectivity index (χ2n) is 6.11. The maximum absolute atomic E-state index is 12.9. The molecular weight excluding hydrogens is 373 g/mol. The summed E-state index contributed by atoms with van der Waals surface area (Å²) < 4.78 is 12.9. The summed E-state index contributed by atoms with van der Waals surface area (Å²) in [6, 6.07) is 5.57. The standard InChI is InChI=1S/C18H16FN3O2S2/c19-10-5-7-11(8-6-10)20-14(23)9-25-18-21-16(24)15-12-3-1-2-4-13(12)26-17(15)22-18/h5-8H,1-4,9H2,(H,20,23)(H,21,22,24). The highest BCUT2D eigenvalue weighted by molar-refractivity contribution is 7.99. The normalized spacial score (nSPS) is 13.6. The molecule has 1 aromatic carbocycles. The Morgan fingerprint density at radius 3 is 2.85 bits per heavy atom. The van der Waals surface area contributed by atoms with E-state index in [1.54, 1.807) is 11.3 Å². The Labute approximate surface area is 157 Å². The number of H-pyrrole nitrogens is 1. The molecule has 0 saturated carbocycles. The molecule has 2 heterocycles. The number of benzene rings is 1. The maximum Gasteiger partial charge on any atom is 0.260 e. The van der Waals surface area contributed by atoms with Crippen molar-refractivity contribution in [1.82, 2.24) is 9.97 Å². The van der Waals surface area contributed by atoms with Gasteiger partial charge in [0.15, 0.2) is 5.16 Å². The van der Waals surface area contributed by atoms with E-state index in [1.165, 1.54) is 40.9 Å². The number of thiophene rings is 1. The topological polar surface area (TPSA) is 74.8 Å². The predicted molar refractivity (Wildman–Crippen MR) is 103 cm³/mol. The van der Waals surface area contributed by atoms with Crippen LogP contribution in [0.15, 0.2) is 34.2 Å². The zero-order chi connectivity index (χ0) is 18.1. The summed E-state index contributed by atoms with van der Waals surface area (Å²) in [5.41, 5.74) is 1.55. The first kappa shape index (κ1) is 17.2. The van der Waals surface area contributed by atoms with E-state index in [0.29, 0.717) is 16.2 Å². The third kappa shape index (κ3) is 3.52. The van der Waals surface area contributed by atoms with Crippen molar-refractivity contribution in [2.75, 3.05) is 11.1 Å². The van der Waals surface area contributed by atoms with Gasteiger partial charge in [-0.1, -0.05) is 11.8 Å². The SMILES string of the molecule is O=C(CSc1nc2sc3c(c2c(=O)[nH]1)CCCC3)Nc1ccc(F)cc1. The lowest BCUT2D eigenvalue weighted by molar-refractivity contribution is -0.113. The van der Waals surface area contributed by atoms with Crippen molar-refractivity contribution in [3.8, 4) is 0 Å². The van der Waals surface area contributed by atoms with Crippen molar-refractivity contribution in [3.05, 3.63) is 50.9 Å². The molecule has 4 rings (SSSR count). The second-order valence-corrected chi connectivity index (χ2v) is 8.15. The van der Waals surface area contributed by atoms with Gasteiger partial charge in [-0.25, -0.2) is 9.37 Å². The van der Waals surface area contributed by atoms with E-state index in [2.05, 4.69) is 15.3 Å². The number of aryl methyl sites for hydroxylation is 2. The number of rotatable bonds is 4. The van der Waals surface area contributed by atoms with Crippen LogP contribution >= 0.6 is 23.1 Å². The number of hydrogen-bond acceptors (Lipinski definition) is 5. The summed E-state index contributed by atoms with van der Waals surface area (Å²) in [6.07, 6.45) is 4.21. The Hall–Kier alpha value is -2.19. The van der Waals surface area contributed by atoms with Crippen molar-refractivity contribution >= 4 is 44.9 Å². The lowest BCUT2D eigenvalue weighted by Crippen LogP contribution is -2.15. The van der Waals surface area contributed by atoms with Crippen molar-refractivity contribution in [2.24, 2.45) is 0 Å². The number of nitrogens with zero attached hydrogens (tertiary/aromatic N) is 1. The number of carbonyl (C=O) groups is 1. The van der Waals surface area contributed by atoms with Gasteiger partial charge in [0.2, 0.25) is 5.91 Å². The van der Waals surface area contributed by atoms with Gasteiger partial charge in [0.25, 0.3) is 5.56 Å². The Morgan fingerprint density at radius 2 is 2.04 bits per heavy atom. The Morgan fingerprint density at radius 1 is 1.27 bits per heavy atom. The zero-order valence-electron chi connectivity index (χ0n) is 13.8. The summed E-state index contributed by atoms with van der Waals surface area (Å²) in [7, 11) is 0. The van der Waals surface area contributed by atoms with Gasteiger partial charge >= 0.3 is 0 Å². The van der Waals surface area contributed by atoms with Crippen molar-refractivity contribution < 1.29 is 9.18 Å². The molecule has 0 radical (unpaired) electrons. The summed E-state index contributed by atoms with van der Waals surface area (Å²) in [4.78, 5) is 33.8. The minimum Gasteiger partial charge on any atom is -0.325 e. The van der Waals surface area contributed by atoms with Gasteiger partial charge in [-0.2, -0.15) is 0 Å². The second kappa shape index (κ2) is 7.20. The summed E-state index contributed by atoms with van der Waals surface area (Å²) in [5, 5.41) is 3.84. The first-order valence-electron chi connectivity index (χ1n) is 8.33. The number of nitrogens with one attached hydrogen (secondary N) is 2. The van der Waals surface area contributed by atoms with Crippen LogP contribution in [-0.4, -0.2) is 21.6 Å². The fourth-order valence-corrected chi connectivity index (χ4v) is 5.06. The Balaban J connectivity index is 1.48. The van der Waals surface area contributed by atoms with Crippen LogP contribution in [0.1, 0.15) is 23.3 Å². The molecule has 5 nitrogen and oxygen atoms in total. The minimum atomic E-state index is -0.355. The number of thioether (sulfide) groups is 1. The smallest absolute Gasteiger partial charge is 0.260 e. The van der Waals surface area contributed by atoms with E-state index in [0.717, 1.165) is 36.1 Å². The van der Waals surface area contributed by atoms with Gasteiger partial charge in [0.1, 0.15) is 10.6 Å². The van der Waals surface area contributed by atoms with Crippen molar-refractivity contribution in [2.45, 2.75) is 30.8 Å². The van der Waals surface area contributed by atoms with Gasteiger partial charge in [-0.3, -0.25) is 9.59 Å².